The second-order valence-corrected chi connectivity index (χ2v) is 9.98. The fourth-order valence-corrected chi connectivity index (χ4v) is 4.37. The highest BCUT2D eigenvalue weighted by Crippen LogP contribution is 2.34. The van der Waals surface area contributed by atoms with Crippen molar-refractivity contribution in [3.63, 3.8) is 0 Å². The summed E-state index contributed by atoms with van der Waals surface area (Å²) in [7, 11) is 4.47. The lowest BCUT2D eigenvalue weighted by Gasteiger charge is -2.20. The minimum absolute atomic E-state index is 0.125. The lowest BCUT2D eigenvalue weighted by atomic mass is 9.87. The van der Waals surface area contributed by atoms with E-state index in [1.807, 2.05) is 6.92 Å². The topological polar surface area (TPSA) is 51.1 Å². The minimum Gasteiger partial charge on any atom is -0.371 e. The average Bonchev–Trinajstić information content (AvgIpc) is 2.58. The molecule has 0 spiro atoms. The molecule has 1 atom stereocenters. The van der Waals surface area contributed by atoms with Gasteiger partial charge in [0.15, 0.2) is 0 Å². The normalized spacial score (nSPS) is 19.7. The van der Waals surface area contributed by atoms with E-state index in [1.165, 1.54) is 31.6 Å². The van der Waals surface area contributed by atoms with E-state index in [4.69, 9.17) is 9.57 Å². The number of carbonyl (C=O) groups excluding carboxylic acids is 1. The molecule has 138 valence electrons. The van der Waals surface area contributed by atoms with Crippen LogP contribution in [0.15, 0.2) is 34.3 Å². The minimum atomic E-state index is -0.505. The lowest BCUT2D eigenvalue weighted by Crippen LogP contribution is -2.26. The smallest absolute Gasteiger partial charge is 0.371 e. The Morgan fingerprint density at radius 3 is 2.64 bits per heavy atom. The molecule has 1 fully saturated rings. The quantitative estimate of drug-likeness (QED) is 0.301. The number of nitrogens with zero attached hydrogens (tertiary/aromatic N) is 2. The molecule has 1 aliphatic rings. The van der Waals surface area contributed by atoms with Crippen LogP contribution in [0, 0.1) is 0 Å². The molecule has 0 aliphatic carbocycles. The molecule has 1 aliphatic heterocycles. The van der Waals surface area contributed by atoms with Crippen molar-refractivity contribution in [2.75, 3.05) is 19.4 Å². The van der Waals surface area contributed by atoms with E-state index in [0.717, 1.165) is 10.6 Å². The first-order valence-corrected chi connectivity index (χ1v) is 11.1. The molecule has 0 saturated carbocycles. The molecule has 2 rings (SSSR count). The van der Waals surface area contributed by atoms with E-state index >= 15 is 0 Å². The largest absolute Gasteiger partial charge is 0.446 e. The van der Waals surface area contributed by atoms with Crippen LogP contribution in [0.5, 0.6) is 0 Å². The summed E-state index contributed by atoms with van der Waals surface area (Å²) in [4.78, 5) is 18.1. The second kappa shape index (κ2) is 9.21. The van der Waals surface area contributed by atoms with Crippen LogP contribution in [0.3, 0.4) is 0 Å². The van der Waals surface area contributed by atoms with E-state index in [-0.39, 0.29) is 11.5 Å². The molecular formula is C17H24N2O3S3. The Labute approximate surface area is 161 Å². The van der Waals surface area contributed by atoms with Crippen molar-refractivity contribution in [1.82, 2.24) is 4.31 Å². The first kappa shape index (κ1) is 20.5. The Morgan fingerprint density at radius 2 is 2.04 bits per heavy atom. The molecule has 0 N–H and O–H groups in total. The molecule has 8 heteroatoms. The van der Waals surface area contributed by atoms with Crippen LogP contribution in [0.1, 0.15) is 33.3 Å². The Hall–Kier alpha value is -0.830. The Bertz CT molecular complexity index is 615. The lowest BCUT2D eigenvalue weighted by molar-refractivity contribution is 0.113. The predicted octanol–water partition coefficient (Wildman–Crippen LogP) is 5.17. The zero-order chi connectivity index (χ0) is 18.4. The van der Waals surface area contributed by atoms with Crippen LogP contribution < -0.4 is 0 Å². The maximum absolute atomic E-state index is 12.0. The number of rotatable bonds is 4. The third kappa shape index (κ3) is 6.44. The van der Waals surface area contributed by atoms with Crippen LogP contribution in [-0.4, -0.2) is 41.0 Å². The highest BCUT2D eigenvalue weighted by molar-refractivity contribution is 8.75. The molecule has 1 saturated heterocycles. The molecule has 0 bridgehead atoms. The predicted molar refractivity (Wildman–Crippen MR) is 108 cm³/mol. The van der Waals surface area contributed by atoms with Gasteiger partial charge >= 0.3 is 6.09 Å². The van der Waals surface area contributed by atoms with Crippen LogP contribution in [0.4, 0.5) is 4.79 Å². The average molecular weight is 401 g/mol. The molecular weight excluding hydrogens is 376 g/mol. The monoisotopic (exact) mass is 400 g/mol. The van der Waals surface area contributed by atoms with E-state index in [9.17, 15) is 4.79 Å². The summed E-state index contributed by atoms with van der Waals surface area (Å²) in [6.45, 7) is 9.15. The zero-order valence-electron chi connectivity index (χ0n) is 15.1. The van der Waals surface area contributed by atoms with Crippen molar-refractivity contribution in [1.29, 1.82) is 0 Å². The summed E-state index contributed by atoms with van der Waals surface area (Å²) in [5.41, 5.74) is 1.42. The van der Waals surface area contributed by atoms with Crippen molar-refractivity contribution >= 4 is 44.7 Å². The van der Waals surface area contributed by atoms with Gasteiger partial charge in [-0.2, -0.15) is 0 Å². The van der Waals surface area contributed by atoms with Gasteiger partial charge in [-0.05, 0) is 40.8 Å². The van der Waals surface area contributed by atoms with E-state index in [2.05, 4.69) is 50.2 Å². The summed E-state index contributed by atoms with van der Waals surface area (Å²) < 4.78 is 6.88. The molecule has 1 unspecified atom stereocenters. The molecule has 1 aromatic rings. The fraction of sp³-hybridized carbons (Fsp3) is 0.529. The van der Waals surface area contributed by atoms with Gasteiger partial charge in [0.25, 0.3) is 0 Å². The highest BCUT2D eigenvalue weighted by Gasteiger charge is 2.20. The molecule has 25 heavy (non-hydrogen) atoms. The molecule has 0 radical (unpaired) electrons. The highest BCUT2D eigenvalue weighted by atomic mass is 33.1. The third-order valence-electron chi connectivity index (χ3n) is 3.49. The number of oxime groups is 1. The van der Waals surface area contributed by atoms with Crippen molar-refractivity contribution in [3.8, 4) is 0 Å². The second-order valence-electron chi connectivity index (χ2n) is 6.58. The first-order valence-electron chi connectivity index (χ1n) is 7.99. The van der Waals surface area contributed by atoms with Crippen molar-refractivity contribution in [2.24, 2.45) is 5.16 Å². The number of benzene rings is 1. The van der Waals surface area contributed by atoms with Gasteiger partial charge < -0.3 is 4.74 Å². The maximum Gasteiger partial charge on any atom is 0.446 e. The van der Waals surface area contributed by atoms with Crippen LogP contribution >= 0.6 is 33.5 Å². The van der Waals surface area contributed by atoms with Gasteiger partial charge in [-0.15, -0.1) is 11.8 Å². The van der Waals surface area contributed by atoms with E-state index < -0.39 is 6.09 Å². The SMILES string of the molecule is CC1OCCSC1=NOC(=O)N(C)SSc1ccc(C(C)(C)C)cc1. The first-order chi connectivity index (χ1) is 11.8. The third-order valence-corrected chi connectivity index (χ3v) is 6.94. The fourth-order valence-electron chi connectivity index (χ4n) is 1.94. The molecule has 0 aromatic heterocycles. The Balaban J connectivity index is 1.82. The van der Waals surface area contributed by atoms with Gasteiger partial charge in [-0.25, -0.2) is 9.10 Å². The standard InChI is InChI=1S/C17H24N2O3S3/c1-12-15(23-11-10-21-12)18-22-16(20)19(5)25-24-14-8-6-13(7-9-14)17(2,3)4/h6-9,12H,10-11H2,1-5H3. The summed E-state index contributed by atoms with van der Waals surface area (Å²) >= 11 is 1.56. The van der Waals surface area contributed by atoms with Gasteiger partial charge in [0.05, 0.1) is 6.61 Å². The number of amides is 1. The summed E-state index contributed by atoms with van der Waals surface area (Å²) in [5, 5.41) is 4.62. The van der Waals surface area contributed by atoms with Gasteiger partial charge in [-0.1, -0.05) is 38.1 Å². The number of carbonyl (C=O) groups is 1. The van der Waals surface area contributed by atoms with Gasteiger partial charge in [-0.3, -0.25) is 4.84 Å². The molecule has 5 nitrogen and oxygen atoms in total. The summed E-state index contributed by atoms with van der Waals surface area (Å²) in [6.07, 6.45) is -0.630. The van der Waals surface area contributed by atoms with Gasteiger partial charge in [0.1, 0.15) is 11.1 Å². The molecule has 1 aromatic carbocycles. The van der Waals surface area contributed by atoms with Crippen LogP contribution in [0.25, 0.3) is 0 Å². The van der Waals surface area contributed by atoms with Crippen molar-refractivity contribution in [3.05, 3.63) is 29.8 Å². The number of hydrogen-bond acceptors (Lipinski definition) is 7. The maximum atomic E-state index is 12.0. The van der Waals surface area contributed by atoms with E-state index in [0.29, 0.717) is 11.7 Å². The number of thioether (sulfide) groups is 1. The van der Waals surface area contributed by atoms with Crippen LogP contribution in [0.2, 0.25) is 0 Å². The van der Waals surface area contributed by atoms with Gasteiger partial charge in [0.2, 0.25) is 0 Å². The van der Waals surface area contributed by atoms with Crippen molar-refractivity contribution in [2.45, 2.75) is 44.1 Å². The van der Waals surface area contributed by atoms with Crippen molar-refractivity contribution < 1.29 is 14.4 Å². The molecule has 1 heterocycles. The summed E-state index contributed by atoms with van der Waals surface area (Å²) in [6, 6.07) is 8.37. The Kier molecular flexibility index (Phi) is 7.54. The Morgan fingerprint density at radius 1 is 1.36 bits per heavy atom. The van der Waals surface area contributed by atoms with E-state index in [1.54, 1.807) is 18.8 Å². The van der Waals surface area contributed by atoms with Gasteiger partial charge in [0, 0.05) is 28.7 Å². The zero-order valence-corrected chi connectivity index (χ0v) is 17.6. The molecule has 1 amide bonds. The summed E-state index contributed by atoms with van der Waals surface area (Å²) in [5.74, 6) is 0.825. The van der Waals surface area contributed by atoms with Crippen LogP contribution in [-0.2, 0) is 15.0 Å². The number of ether oxygens (including phenoxy) is 1. The number of hydrogen-bond donors (Lipinski definition) is 0.